The molecule has 0 bridgehead atoms. The summed E-state index contributed by atoms with van der Waals surface area (Å²) in [6.45, 7) is 3.98. The Balaban J connectivity index is 3.08. The molecule has 0 aliphatic carbocycles. The predicted molar refractivity (Wildman–Crippen MR) is 134 cm³/mol. The van der Waals surface area contributed by atoms with E-state index in [1.807, 2.05) is 0 Å². The van der Waals surface area contributed by atoms with Gasteiger partial charge in [0.2, 0.25) is 0 Å². The first kappa shape index (κ1) is 30.4. The smallest absolute Gasteiger partial charge is 0.305 e. The molecule has 0 saturated heterocycles. The molecular weight excluding hydrogens is 386 g/mol. The molecule has 0 aromatic rings. The predicted octanol–water partition coefficient (Wildman–Crippen LogP) is 7.32. The SMILES string of the molecule is CCCCCCCCCCCCCCCCCCCCCCC(=O)OCCNCCO. The molecule has 2 N–H and O–H groups in total. The number of carbonyl (C=O) groups is 1. The van der Waals surface area contributed by atoms with Gasteiger partial charge < -0.3 is 15.2 Å². The fourth-order valence-electron chi connectivity index (χ4n) is 4.04. The second-order valence-electron chi connectivity index (χ2n) is 9.16. The number of rotatable bonds is 26. The molecule has 0 aliphatic rings. The molecule has 31 heavy (non-hydrogen) atoms. The molecular formula is C27H55NO3. The van der Waals surface area contributed by atoms with Crippen molar-refractivity contribution in [2.24, 2.45) is 0 Å². The van der Waals surface area contributed by atoms with E-state index in [2.05, 4.69) is 12.2 Å². The Kier molecular flexibility index (Phi) is 26.9. The summed E-state index contributed by atoms with van der Waals surface area (Å²) in [4.78, 5) is 11.6. The van der Waals surface area contributed by atoms with Gasteiger partial charge in [-0.15, -0.1) is 0 Å². The Morgan fingerprint density at radius 3 is 1.39 bits per heavy atom. The summed E-state index contributed by atoms with van der Waals surface area (Å²) >= 11 is 0. The Morgan fingerprint density at radius 2 is 1.00 bits per heavy atom. The van der Waals surface area contributed by atoms with Gasteiger partial charge in [-0.1, -0.05) is 129 Å². The molecule has 0 rings (SSSR count). The third-order valence-electron chi connectivity index (χ3n) is 6.06. The molecule has 4 nitrogen and oxygen atoms in total. The van der Waals surface area contributed by atoms with E-state index in [9.17, 15) is 4.79 Å². The Morgan fingerprint density at radius 1 is 0.613 bits per heavy atom. The first-order chi connectivity index (χ1) is 15.3. The first-order valence-electron chi connectivity index (χ1n) is 13.8. The zero-order valence-corrected chi connectivity index (χ0v) is 20.9. The molecule has 0 heterocycles. The normalized spacial score (nSPS) is 11.2. The quantitative estimate of drug-likeness (QED) is 0.109. The highest BCUT2D eigenvalue weighted by Gasteiger charge is 2.02. The zero-order valence-electron chi connectivity index (χ0n) is 20.9. The van der Waals surface area contributed by atoms with E-state index < -0.39 is 0 Å². The fourth-order valence-corrected chi connectivity index (χ4v) is 4.04. The van der Waals surface area contributed by atoms with Crippen LogP contribution in [-0.2, 0) is 9.53 Å². The molecule has 0 saturated carbocycles. The summed E-state index contributed by atoms with van der Waals surface area (Å²) in [5.74, 6) is -0.0896. The van der Waals surface area contributed by atoms with Gasteiger partial charge in [0.1, 0.15) is 6.61 Å². The lowest BCUT2D eigenvalue weighted by atomic mass is 10.0. The Hall–Kier alpha value is -0.610. The van der Waals surface area contributed by atoms with Crippen LogP contribution in [0.4, 0.5) is 0 Å². The van der Waals surface area contributed by atoms with Gasteiger partial charge in [0.15, 0.2) is 0 Å². The highest BCUT2D eigenvalue weighted by atomic mass is 16.5. The van der Waals surface area contributed by atoms with Gasteiger partial charge in [0.25, 0.3) is 0 Å². The highest BCUT2D eigenvalue weighted by Crippen LogP contribution is 2.15. The third kappa shape index (κ3) is 27.4. The van der Waals surface area contributed by atoms with E-state index in [0.717, 1.165) is 12.8 Å². The van der Waals surface area contributed by atoms with Crippen LogP contribution in [0.25, 0.3) is 0 Å². The number of nitrogens with one attached hydrogen (secondary N) is 1. The van der Waals surface area contributed by atoms with Crippen LogP contribution in [0, 0.1) is 0 Å². The second-order valence-corrected chi connectivity index (χ2v) is 9.16. The summed E-state index contributed by atoms with van der Waals surface area (Å²) in [7, 11) is 0. The van der Waals surface area contributed by atoms with Crippen molar-refractivity contribution >= 4 is 5.97 Å². The number of hydrogen-bond acceptors (Lipinski definition) is 4. The van der Waals surface area contributed by atoms with Gasteiger partial charge in [0.05, 0.1) is 6.61 Å². The summed E-state index contributed by atoms with van der Waals surface area (Å²) in [5.41, 5.74) is 0. The Labute approximate surface area is 194 Å². The van der Waals surface area contributed by atoms with E-state index in [-0.39, 0.29) is 12.6 Å². The van der Waals surface area contributed by atoms with Crippen LogP contribution >= 0.6 is 0 Å². The summed E-state index contributed by atoms with van der Waals surface area (Å²) in [6.07, 6.45) is 27.9. The molecule has 0 radical (unpaired) electrons. The monoisotopic (exact) mass is 441 g/mol. The summed E-state index contributed by atoms with van der Waals surface area (Å²) in [5, 5.41) is 11.6. The minimum absolute atomic E-state index is 0.0896. The molecule has 0 atom stereocenters. The van der Waals surface area contributed by atoms with Gasteiger partial charge in [-0.2, -0.15) is 0 Å². The maximum absolute atomic E-state index is 11.6. The second kappa shape index (κ2) is 27.4. The average Bonchev–Trinajstić information content (AvgIpc) is 2.77. The van der Waals surface area contributed by atoms with E-state index in [0.29, 0.717) is 26.1 Å². The third-order valence-corrected chi connectivity index (χ3v) is 6.06. The number of ether oxygens (including phenoxy) is 1. The molecule has 0 amide bonds. The van der Waals surface area contributed by atoms with Gasteiger partial charge in [-0.3, -0.25) is 4.79 Å². The standard InChI is InChI=1S/C27H55NO3/c1-2-3-4-5-6-7-8-9-10-11-12-13-14-15-16-17-18-19-20-21-22-27(30)31-26-24-28-23-25-29/h28-29H,2-26H2,1H3. The number of hydrogen-bond donors (Lipinski definition) is 2. The van der Waals surface area contributed by atoms with Crippen molar-refractivity contribution in [3.63, 3.8) is 0 Å². The number of aliphatic hydroxyl groups is 1. The molecule has 0 spiro atoms. The minimum atomic E-state index is -0.0896. The van der Waals surface area contributed by atoms with Gasteiger partial charge in [-0.05, 0) is 6.42 Å². The van der Waals surface area contributed by atoms with Crippen molar-refractivity contribution in [1.29, 1.82) is 0 Å². The zero-order chi connectivity index (χ0) is 22.7. The molecule has 4 heteroatoms. The van der Waals surface area contributed by atoms with Gasteiger partial charge in [0, 0.05) is 19.5 Å². The number of esters is 1. The van der Waals surface area contributed by atoms with Crippen molar-refractivity contribution in [3.05, 3.63) is 0 Å². The van der Waals surface area contributed by atoms with Crippen LogP contribution in [0.5, 0.6) is 0 Å². The largest absolute Gasteiger partial charge is 0.464 e. The van der Waals surface area contributed by atoms with Crippen LogP contribution in [-0.4, -0.2) is 37.4 Å². The van der Waals surface area contributed by atoms with Gasteiger partial charge >= 0.3 is 5.97 Å². The minimum Gasteiger partial charge on any atom is -0.464 e. The number of carbonyl (C=O) groups excluding carboxylic acids is 1. The average molecular weight is 442 g/mol. The summed E-state index contributed by atoms with van der Waals surface area (Å²) in [6, 6.07) is 0. The van der Waals surface area contributed by atoms with E-state index >= 15 is 0 Å². The van der Waals surface area contributed by atoms with Crippen molar-refractivity contribution in [2.45, 2.75) is 142 Å². The maximum atomic E-state index is 11.6. The number of aliphatic hydroxyl groups excluding tert-OH is 1. The molecule has 0 aliphatic heterocycles. The highest BCUT2D eigenvalue weighted by molar-refractivity contribution is 5.69. The number of unbranched alkanes of at least 4 members (excludes halogenated alkanes) is 19. The first-order valence-corrected chi connectivity index (χ1v) is 13.8. The van der Waals surface area contributed by atoms with E-state index in [1.165, 1.54) is 116 Å². The van der Waals surface area contributed by atoms with Crippen molar-refractivity contribution in [3.8, 4) is 0 Å². The van der Waals surface area contributed by atoms with Gasteiger partial charge in [-0.25, -0.2) is 0 Å². The molecule has 186 valence electrons. The Bertz CT molecular complexity index is 349. The van der Waals surface area contributed by atoms with E-state index in [4.69, 9.17) is 9.84 Å². The van der Waals surface area contributed by atoms with Crippen molar-refractivity contribution in [1.82, 2.24) is 5.32 Å². The van der Waals surface area contributed by atoms with Crippen LogP contribution in [0.3, 0.4) is 0 Å². The van der Waals surface area contributed by atoms with Crippen molar-refractivity contribution < 1.29 is 14.6 Å². The fraction of sp³-hybridized carbons (Fsp3) is 0.963. The van der Waals surface area contributed by atoms with Crippen LogP contribution in [0.15, 0.2) is 0 Å². The molecule has 0 unspecified atom stereocenters. The van der Waals surface area contributed by atoms with E-state index in [1.54, 1.807) is 0 Å². The topological polar surface area (TPSA) is 58.6 Å². The van der Waals surface area contributed by atoms with Crippen LogP contribution < -0.4 is 5.32 Å². The van der Waals surface area contributed by atoms with Crippen LogP contribution in [0.1, 0.15) is 142 Å². The molecule has 0 fully saturated rings. The lowest BCUT2D eigenvalue weighted by Crippen LogP contribution is -2.24. The molecule has 0 aromatic carbocycles. The maximum Gasteiger partial charge on any atom is 0.305 e. The van der Waals surface area contributed by atoms with Crippen LogP contribution in [0.2, 0.25) is 0 Å². The van der Waals surface area contributed by atoms with Crippen molar-refractivity contribution in [2.75, 3.05) is 26.3 Å². The lowest BCUT2D eigenvalue weighted by Gasteiger charge is -2.06. The molecule has 0 aromatic heterocycles. The summed E-state index contributed by atoms with van der Waals surface area (Å²) < 4.78 is 5.15. The lowest BCUT2D eigenvalue weighted by molar-refractivity contribution is -0.143.